The average molecular weight is 230 g/mol. The molecule has 96 valence electrons. The van der Waals surface area contributed by atoms with Crippen molar-refractivity contribution in [1.82, 2.24) is 10.2 Å². The molecule has 2 N–H and O–H groups in total. The molecule has 0 saturated heterocycles. The summed E-state index contributed by atoms with van der Waals surface area (Å²) in [7, 11) is 3.63. The van der Waals surface area contributed by atoms with Gasteiger partial charge in [-0.25, -0.2) is 0 Å². The number of likely N-dealkylation sites (N-methyl/N-ethyl adjacent to an activating group) is 1. The van der Waals surface area contributed by atoms with E-state index in [0.29, 0.717) is 6.42 Å². The van der Waals surface area contributed by atoms with Gasteiger partial charge in [0.15, 0.2) is 0 Å². The van der Waals surface area contributed by atoms with Crippen LogP contribution in [0.3, 0.4) is 0 Å². The monoisotopic (exact) mass is 230 g/mol. The van der Waals surface area contributed by atoms with Gasteiger partial charge in [-0.15, -0.1) is 0 Å². The van der Waals surface area contributed by atoms with Gasteiger partial charge in [-0.3, -0.25) is 9.69 Å². The highest BCUT2D eigenvalue weighted by atomic mass is 16.4. The van der Waals surface area contributed by atoms with Gasteiger partial charge in [0.2, 0.25) is 0 Å². The van der Waals surface area contributed by atoms with E-state index < -0.39 is 5.97 Å². The molecule has 0 spiro atoms. The number of hydrogen-bond acceptors (Lipinski definition) is 3. The number of rotatable bonds is 10. The Balaban J connectivity index is 3.45. The summed E-state index contributed by atoms with van der Waals surface area (Å²) in [6, 6.07) is -0.350. The maximum atomic E-state index is 10.9. The molecule has 0 radical (unpaired) electrons. The Morgan fingerprint density at radius 1 is 1.25 bits per heavy atom. The van der Waals surface area contributed by atoms with E-state index in [0.717, 1.165) is 19.5 Å². The van der Waals surface area contributed by atoms with Crippen LogP contribution in [-0.4, -0.2) is 49.2 Å². The fourth-order valence-electron chi connectivity index (χ4n) is 1.65. The van der Waals surface area contributed by atoms with Crippen LogP contribution in [-0.2, 0) is 4.79 Å². The molecule has 0 saturated carbocycles. The van der Waals surface area contributed by atoms with E-state index in [1.165, 1.54) is 19.3 Å². The summed E-state index contributed by atoms with van der Waals surface area (Å²) in [4.78, 5) is 12.6. The molecule has 0 bridgehead atoms. The molecule has 1 atom stereocenters. The van der Waals surface area contributed by atoms with Crippen LogP contribution in [0.5, 0.6) is 0 Å². The zero-order valence-electron chi connectivity index (χ0n) is 10.8. The van der Waals surface area contributed by atoms with Gasteiger partial charge in [0.05, 0.1) is 0 Å². The van der Waals surface area contributed by atoms with E-state index in [1.54, 1.807) is 4.90 Å². The third kappa shape index (κ3) is 7.65. The summed E-state index contributed by atoms with van der Waals surface area (Å²) in [5.41, 5.74) is 0. The summed E-state index contributed by atoms with van der Waals surface area (Å²) < 4.78 is 0. The average Bonchev–Trinajstić information content (AvgIpc) is 2.21. The second-order valence-corrected chi connectivity index (χ2v) is 4.42. The molecule has 0 aromatic carbocycles. The van der Waals surface area contributed by atoms with Crippen LogP contribution < -0.4 is 5.32 Å². The highest BCUT2D eigenvalue weighted by molar-refractivity contribution is 5.73. The van der Waals surface area contributed by atoms with Gasteiger partial charge in [-0.2, -0.15) is 0 Å². The van der Waals surface area contributed by atoms with Gasteiger partial charge in [0.1, 0.15) is 6.04 Å². The first kappa shape index (κ1) is 15.4. The third-order valence-electron chi connectivity index (χ3n) is 2.70. The Labute approximate surface area is 99.0 Å². The van der Waals surface area contributed by atoms with Crippen molar-refractivity contribution in [3.8, 4) is 0 Å². The normalized spacial score (nSPS) is 13.0. The van der Waals surface area contributed by atoms with E-state index in [1.807, 2.05) is 14.1 Å². The third-order valence-corrected chi connectivity index (χ3v) is 2.70. The van der Waals surface area contributed by atoms with Crippen molar-refractivity contribution < 1.29 is 9.90 Å². The van der Waals surface area contributed by atoms with E-state index in [2.05, 4.69) is 12.2 Å². The molecule has 0 rings (SSSR count). The first-order chi connectivity index (χ1) is 7.59. The molecule has 0 unspecified atom stereocenters. The predicted molar refractivity (Wildman–Crippen MR) is 66.7 cm³/mol. The minimum absolute atomic E-state index is 0.350. The van der Waals surface area contributed by atoms with Crippen molar-refractivity contribution in [1.29, 1.82) is 0 Å². The maximum absolute atomic E-state index is 10.9. The second kappa shape index (κ2) is 9.60. The number of nitrogens with one attached hydrogen (secondary N) is 1. The lowest BCUT2D eigenvalue weighted by molar-refractivity contribution is -0.142. The zero-order chi connectivity index (χ0) is 12.4. The van der Waals surface area contributed by atoms with Gasteiger partial charge in [-0.1, -0.05) is 19.8 Å². The Morgan fingerprint density at radius 3 is 2.38 bits per heavy atom. The number of carboxylic acid groups (broad SMARTS) is 1. The summed E-state index contributed by atoms with van der Waals surface area (Å²) in [6.07, 6.45) is 5.35. The van der Waals surface area contributed by atoms with E-state index >= 15 is 0 Å². The Bertz CT molecular complexity index is 184. The Kier molecular flexibility index (Phi) is 9.24. The molecule has 0 aliphatic rings. The summed E-state index contributed by atoms with van der Waals surface area (Å²) >= 11 is 0. The standard InChI is InChI=1S/C12H26N2O2/c1-4-5-6-9-13-10-7-8-11(12(15)16)14(2)3/h11,13H,4-10H2,1-3H3,(H,15,16)/t11-/m0/s1. The highest BCUT2D eigenvalue weighted by Crippen LogP contribution is 2.03. The zero-order valence-corrected chi connectivity index (χ0v) is 10.8. The topological polar surface area (TPSA) is 52.6 Å². The molecular weight excluding hydrogens is 204 g/mol. The number of nitrogens with zero attached hydrogens (tertiary/aromatic N) is 1. The second-order valence-electron chi connectivity index (χ2n) is 4.42. The van der Waals surface area contributed by atoms with Crippen molar-refractivity contribution in [2.24, 2.45) is 0 Å². The molecular formula is C12H26N2O2. The molecule has 16 heavy (non-hydrogen) atoms. The molecule has 0 heterocycles. The number of carbonyl (C=O) groups is 1. The van der Waals surface area contributed by atoms with Gasteiger partial charge >= 0.3 is 5.97 Å². The van der Waals surface area contributed by atoms with Crippen LogP contribution in [0.25, 0.3) is 0 Å². The van der Waals surface area contributed by atoms with Gasteiger partial charge in [0, 0.05) is 0 Å². The van der Waals surface area contributed by atoms with Crippen molar-refractivity contribution in [3.05, 3.63) is 0 Å². The largest absolute Gasteiger partial charge is 0.480 e. The van der Waals surface area contributed by atoms with Crippen LogP contribution in [0.2, 0.25) is 0 Å². The molecule has 0 aromatic rings. The highest BCUT2D eigenvalue weighted by Gasteiger charge is 2.18. The lowest BCUT2D eigenvalue weighted by atomic mass is 10.1. The first-order valence-corrected chi connectivity index (χ1v) is 6.19. The number of carboxylic acids is 1. The van der Waals surface area contributed by atoms with Gasteiger partial charge < -0.3 is 10.4 Å². The van der Waals surface area contributed by atoms with Crippen molar-refractivity contribution in [3.63, 3.8) is 0 Å². The Morgan fingerprint density at radius 2 is 1.88 bits per heavy atom. The fourth-order valence-corrected chi connectivity index (χ4v) is 1.65. The van der Waals surface area contributed by atoms with Crippen molar-refractivity contribution in [2.75, 3.05) is 27.2 Å². The van der Waals surface area contributed by atoms with Gasteiger partial charge in [-0.05, 0) is 46.4 Å². The van der Waals surface area contributed by atoms with Crippen LogP contribution in [0.4, 0.5) is 0 Å². The van der Waals surface area contributed by atoms with Crippen LogP contribution in [0.15, 0.2) is 0 Å². The van der Waals surface area contributed by atoms with Crippen molar-refractivity contribution in [2.45, 2.75) is 45.1 Å². The maximum Gasteiger partial charge on any atom is 0.320 e. The summed E-state index contributed by atoms with van der Waals surface area (Å²) in [6.45, 7) is 4.16. The molecule has 0 aliphatic heterocycles. The number of unbranched alkanes of at least 4 members (excludes halogenated alkanes) is 2. The molecule has 4 heteroatoms. The smallest absolute Gasteiger partial charge is 0.320 e. The fraction of sp³-hybridized carbons (Fsp3) is 0.917. The predicted octanol–water partition coefficient (Wildman–Crippen LogP) is 1.56. The number of aliphatic carboxylic acids is 1. The quantitative estimate of drug-likeness (QED) is 0.559. The van der Waals surface area contributed by atoms with Crippen molar-refractivity contribution >= 4 is 5.97 Å². The minimum atomic E-state index is -0.726. The SMILES string of the molecule is CCCCCNCCC[C@@H](C(=O)O)N(C)C. The minimum Gasteiger partial charge on any atom is -0.480 e. The first-order valence-electron chi connectivity index (χ1n) is 6.19. The van der Waals surface area contributed by atoms with Gasteiger partial charge in [0.25, 0.3) is 0 Å². The molecule has 4 nitrogen and oxygen atoms in total. The Hall–Kier alpha value is -0.610. The van der Waals surface area contributed by atoms with Crippen LogP contribution in [0, 0.1) is 0 Å². The lowest BCUT2D eigenvalue weighted by Crippen LogP contribution is -2.36. The molecule has 0 aliphatic carbocycles. The molecule has 0 amide bonds. The lowest BCUT2D eigenvalue weighted by Gasteiger charge is -2.19. The van der Waals surface area contributed by atoms with E-state index in [-0.39, 0.29) is 6.04 Å². The summed E-state index contributed by atoms with van der Waals surface area (Å²) in [5, 5.41) is 12.3. The van der Waals surface area contributed by atoms with Crippen LogP contribution in [0.1, 0.15) is 39.0 Å². The van der Waals surface area contributed by atoms with E-state index in [4.69, 9.17) is 5.11 Å². The number of hydrogen-bond donors (Lipinski definition) is 2. The molecule has 0 aromatic heterocycles. The van der Waals surface area contributed by atoms with Crippen LogP contribution >= 0.6 is 0 Å². The van der Waals surface area contributed by atoms with E-state index in [9.17, 15) is 4.79 Å². The molecule has 0 fully saturated rings. The summed E-state index contributed by atoms with van der Waals surface area (Å²) in [5.74, 6) is -0.726.